The van der Waals surface area contributed by atoms with Crippen molar-refractivity contribution in [3.63, 3.8) is 0 Å². The normalized spacial score (nSPS) is 30.2. The van der Waals surface area contributed by atoms with Crippen LogP contribution in [0, 0.1) is 23.6 Å². The molecule has 5 unspecified atom stereocenters. The fraction of sp³-hybridized carbons (Fsp3) is 0.650. The predicted octanol–water partition coefficient (Wildman–Crippen LogP) is 2.53. The minimum atomic E-state index is -0.244. The molecular weight excluding hydrogens is 404 g/mol. The van der Waals surface area contributed by atoms with Crippen LogP contribution in [0.1, 0.15) is 30.9 Å². The predicted molar refractivity (Wildman–Crippen MR) is 111 cm³/mol. The van der Waals surface area contributed by atoms with Crippen molar-refractivity contribution in [2.45, 2.75) is 31.3 Å². The molecule has 1 saturated heterocycles. The van der Waals surface area contributed by atoms with Crippen molar-refractivity contribution in [1.29, 1.82) is 0 Å². The Labute approximate surface area is 178 Å². The molecule has 2 aliphatic carbocycles. The first kappa shape index (κ1) is 23.4. The summed E-state index contributed by atoms with van der Waals surface area (Å²) in [4.78, 5) is 15.1. The van der Waals surface area contributed by atoms with E-state index < -0.39 is 0 Å². The minimum absolute atomic E-state index is 0. The summed E-state index contributed by atoms with van der Waals surface area (Å²) in [7, 11) is 0. The van der Waals surface area contributed by atoms with Crippen molar-refractivity contribution in [2.24, 2.45) is 23.5 Å². The van der Waals surface area contributed by atoms with E-state index in [-0.39, 0.29) is 54.5 Å². The fourth-order valence-electron chi connectivity index (χ4n) is 5.07. The SMILES string of the molecule is Cl.Cl.NC1C2CCC(C2)C1C(=O)NCC(c1ccc(F)cc1)N1CCOCC1. The van der Waals surface area contributed by atoms with Crippen LogP contribution >= 0.6 is 24.8 Å². The Balaban J connectivity index is 0.00000140. The van der Waals surface area contributed by atoms with Gasteiger partial charge in [-0.1, -0.05) is 12.1 Å². The van der Waals surface area contributed by atoms with E-state index in [1.807, 2.05) is 12.1 Å². The van der Waals surface area contributed by atoms with E-state index in [1.165, 1.54) is 18.6 Å². The second-order valence-corrected chi connectivity index (χ2v) is 7.90. The second-order valence-electron chi connectivity index (χ2n) is 7.90. The Morgan fingerprint density at radius 1 is 1.18 bits per heavy atom. The molecule has 3 N–H and O–H groups in total. The quantitative estimate of drug-likeness (QED) is 0.748. The highest BCUT2D eigenvalue weighted by atomic mass is 35.5. The summed E-state index contributed by atoms with van der Waals surface area (Å²) in [5.74, 6) is 0.759. The molecule has 2 saturated carbocycles. The van der Waals surface area contributed by atoms with Gasteiger partial charge in [0.1, 0.15) is 5.82 Å². The number of carbonyl (C=O) groups excluding carboxylic acids is 1. The lowest BCUT2D eigenvalue weighted by Gasteiger charge is -2.35. The molecule has 2 bridgehead atoms. The third-order valence-corrected chi connectivity index (χ3v) is 6.49. The molecule has 3 aliphatic rings. The highest BCUT2D eigenvalue weighted by molar-refractivity contribution is 5.85. The molecule has 1 heterocycles. The van der Waals surface area contributed by atoms with Gasteiger partial charge in [0.15, 0.2) is 0 Å². The van der Waals surface area contributed by atoms with Crippen LogP contribution in [-0.4, -0.2) is 49.7 Å². The van der Waals surface area contributed by atoms with Crippen LogP contribution in [0.3, 0.4) is 0 Å². The Hall–Kier alpha value is -0.920. The summed E-state index contributed by atoms with van der Waals surface area (Å²) in [6.07, 6.45) is 3.40. The maximum absolute atomic E-state index is 13.3. The molecule has 1 amide bonds. The molecule has 1 aliphatic heterocycles. The zero-order chi connectivity index (χ0) is 18.1. The smallest absolute Gasteiger partial charge is 0.225 e. The Bertz CT molecular complexity index is 641. The number of nitrogens with one attached hydrogen (secondary N) is 1. The summed E-state index contributed by atoms with van der Waals surface area (Å²) in [6, 6.07) is 6.61. The highest BCUT2D eigenvalue weighted by Crippen LogP contribution is 2.47. The van der Waals surface area contributed by atoms with Crippen LogP contribution in [0.25, 0.3) is 0 Å². The summed E-state index contributed by atoms with van der Waals surface area (Å²) in [6.45, 7) is 3.51. The monoisotopic (exact) mass is 433 g/mol. The van der Waals surface area contributed by atoms with Crippen molar-refractivity contribution in [1.82, 2.24) is 10.2 Å². The summed E-state index contributed by atoms with van der Waals surface area (Å²) >= 11 is 0. The minimum Gasteiger partial charge on any atom is -0.379 e. The molecule has 0 aromatic heterocycles. The van der Waals surface area contributed by atoms with Crippen molar-refractivity contribution < 1.29 is 13.9 Å². The van der Waals surface area contributed by atoms with E-state index in [9.17, 15) is 9.18 Å². The number of rotatable bonds is 5. The molecule has 1 aromatic rings. The van der Waals surface area contributed by atoms with E-state index in [4.69, 9.17) is 10.5 Å². The fourth-order valence-corrected chi connectivity index (χ4v) is 5.07. The van der Waals surface area contributed by atoms with E-state index >= 15 is 0 Å². The van der Waals surface area contributed by atoms with Gasteiger partial charge in [-0.2, -0.15) is 0 Å². The maximum atomic E-state index is 13.3. The number of ether oxygens (including phenoxy) is 1. The Morgan fingerprint density at radius 2 is 1.82 bits per heavy atom. The van der Waals surface area contributed by atoms with Crippen LogP contribution in [0.4, 0.5) is 4.39 Å². The molecule has 5 nitrogen and oxygen atoms in total. The number of hydrogen-bond donors (Lipinski definition) is 2. The van der Waals surface area contributed by atoms with Gasteiger partial charge in [0.05, 0.1) is 25.2 Å². The maximum Gasteiger partial charge on any atom is 0.225 e. The third kappa shape index (κ3) is 4.79. The van der Waals surface area contributed by atoms with Crippen molar-refractivity contribution >= 4 is 30.7 Å². The largest absolute Gasteiger partial charge is 0.379 e. The standard InChI is InChI=1S/C20H28FN3O2.2ClH/c21-16-5-3-13(4-6-16)17(24-7-9-26-10-8-24)12-23-20(25)18-14-1-2-15(11-14)19(18)22;;/h3-6,14-15,17-19H,1-2,7-12,22H2,(H,23,25);2*1H. The third-order valence-electron chi connectivity index (χ3n) is 6.49. The van der Waals surface area contributed by atoms with Gasteiger partial charge >= 0.3 is 0 Å². The molecule has 158 valence electrons. The zero-order valence-electron chi connectivity index (χ0n) is 15.9. The average Bonchev–Trinajstić information content (AvgIpc) is 3.25. The number of nitrogens with zero attached hydrogens (tertiary/aromatic N) is 1. The lowest BCUT2D eigenvalue weighted by molar-refractivity contribution is -0.127. The molecule has 3 fully saturated rings. The van der Waals surface area contributed by atoms with Crippen molar-refractivity contribution in [3.8, 4) is 0 Å². The average molecular weight is 434 g/mol. The number of amides is 1. The van der Waals surface area contributed by atoms with Crippen molar-refractivity contribution in [2.75, 3.05) is 32.8 Å². The summed E-state index contributed by atoms with van der Waals surface area (Å²) in [5, 5.41) is 3.16. The lowest BCUT2D eigenvalue weighted by atomic mass is 9.84. The first-order valence-corrected chi connectivity index (χ1v) is 9.74. The van der Waals surface area contributed by atoms with Gasteiger partial charge in [-0.25, -0.2) is 4.39 Å². The van der Waals surface area contributed by atoms with Crippen LogP contribution in [0.2, 0.25) is 0 Å². The molecule has 0 spiro atoms. The number of morpholine rings is 1. The van der Waals surface area contributed by atoms with Gasteiger partial charge in [-0.15, -0.1) is 24.8 Å². The van der Waals surface area contributed by atoms with E-state index in [2.05, 4.69) is 10.2 Å². The molecule has 5 atom stereocenters. The van der Waals surface area contributed by atoms with Gasteiger partial charge in [0.2, 0.25) is 5.91 Å². The number of halogens is 3. The van der Waals surface area contributed by atoms with Gasteiger partial charge in [-0.3, -0.25) is 9.69 Å². The molecule has 1 aromatic carbocycles. The summed E-state index contributed by atoms with van der Waals surface area (Å²) < 4.78 is 18.8. The first-order chi connectivity index (χ1) is 12.6. The van der Waals surface area contributed by atoms with Gasteiger partial charge in [-0.05, 0) is 48.8 Å². The first-order valence-electron chi connectivity index (χ1n) is 9.74. The van der Waals surface area contributed by atoms with Gasteiger partial charge in [0.25, 0.3) is 0 Å². The van der Waals surface area contributed by atoms with Crippen LogP contribution in [-0.2, 0) is 9.53 Å². The number of nitrogens with two attached hydrogens (primary N) is 1. The van der Waals surface area contributed by atoms with Crippen LogP contribution < -0.4 is 11.1 Å². The highest BCUT2D eigenvalue weighted by Gasteiger charge is 2.49. The lowest BCUT2D eigenvalue weighted by Crippen LogP contribution is -2.48. The Morgan fingerprint density at radius 3 is 2.43 bits per heavy atom. The number of fused-ring (bicyclic) bond motifs is 2. The van der Waals surface area contributed by atoms with Gasteiger partial charge < -0.3 is 15.8 Å². The van der Waals surface area contributed by atoms with E-state index in [0.29, 0.717) is 31.6 Å². The van der Waals surface area contributed by atoms with Gasteiger partial charge in [0, 0.05) is 25.7 Å². The molecular formula is C20H30Cl2FN3O2. The molecule has 0 radical (unpaired) electrons. The summed E-state index contributed by atoms with van der Waals surface area (Å²) in [5.41, 5.74) is 7.33. The number of carbonyl (C=O) groups is 1. The van der Waals surface area contributed by atoms with Crippen molar-refractivity contribution in [3.05, 3.63) is 35.6 Å². The van der Waals surface area contributed by atoms with E-state index in [0.717, 1.165) is 31.5 Å². The van der Waals surface area contributed by atoms with Crippen LogP contribution in [0.5, 0.6) is 0 Å². The van der Waals surface area contributed by atoms with Crippen LogP contribution in [0.15, 0.2) is 24.3 Å². The molecule has 4 rings (SSSR count). The van der Waals surface area contributed by atoms with E-state index in [1.54, 1.807) is 0 Å². The number of benzene rings is 1. The number of hydrogen-bond acceptors (Lipinski definition) is 4. The topological polar surface area (TPSA) is 67.6 Å². The molecule has 28 heavy (non-hydrogen) atoms. The second kappa shape index (κ2) is 10.2. The Kier molecular flexibility index (Phi) is 8.52. The zero-order valence-corrected chi connectivity index (χ0v) is 17.5. The molecule has 8 heteroatoms.